The molecule has 28 heavy (non-hydrogen) atoms. The lowest BCUT2D eigenvalue weighted by atomic mass is 10.1. The standard InChI is InChI=1S/C19H13F2N3O4/c1-11-16(12(9-22)18(28-11)24-7-2-3-8-24)19(26)27-10-15(25)23-17-13(20)5-4-6-14(17)21/h2-8H,10H2,1H3,(H,23,25). The fourth-order valence-corrected chi connectivity index (χ4v) is 2.53. The van der Waals surface area contributed by atoms with Gasteiger partial charge >= 0.3 is 5.97 Å². The van der Waals surface area contributed by atoms with Crippen LogP contribution in [0.5, 0.6) is 0 Å². The second-order valence-electron chi connectivity index (χ2n) is 5.64. The first-order valence-corrected chi connectivity index (χ1v) is 8.00. The zero-order valence-electron chi connectivity index (χ0n) is 14.5. The van der Waals surface area contributed by atoms with Gasteiger partial charge in [-0.1, -0.05) is 6.07 Å². The highest BCUT2D eigenvalue weighted by molar-refractivity contribution is 5.97. The number of esters is 1. The molecular formula is C19H13F2N3O4. The third kappa shape index (κ3) is 3.61. The number of amides is 1. The molecule has 0 bridgehead atoms. The van der Waals surface area contributed by atoms with Crippen LogP contribution in [-0.4, -0.2) is 23.1 Å². The summed E-state index contributed by atoms with van der Waals surface area (Å²) in [7, 11) is 0. The molecule has 3 rings (SSSR count). The van der Waals surface area contributed by atoms with Crippen molar-refractivity contribution >= 4 is 17.6 Å². The number of nitriles is 1. The Balaban J connectivity index is 1.74. The highest BCUT2D eigenvalue weighted by Crippen LogP contribution is 2.26. The number of halogens is 2. The van der Waals surface area contributed by atoms with Crippen LogP contribution >= 0.6 is 0 Å². The van der Waals surface area contributed by atoms with E-state index in [0.29, 0.717) is 0 Å². The molecule has 0 radical (unpaired) electrons. The lowest BCUT2D eigenvalue weighted by molar-refractivity contribution is -0.119. The minimum atomic E-state index is -0.972. The van der Waals surface area contributed by atoms with E-state index in [1.54, 1.807) is 24.5 Å². The Morgan fingerprint density at radius 3 is 2.46 bits per heavy atom. The zero-order chi connectivity index (χ0) is 20.3. The van der Waals surface area contributed by atoms with Gasteiger partial charge in [-0.3, -0.25) is 9.36 Å². The first-order valence-electron chi connectivity index (χ1n) is 8.00. The number of nitrogens with one attached hydrogen (secondary N) is 1. The van der Waals surface area contributed by atoms with Crippen molar-refractivity contribution < 1.29 is 27.5 Å². The minimum Gasteiger partial charge on any atom is -0.452 e. The van der Waals surface area contributed by atoms with Gasteiger partial charge in [-0.25, -0.2) is 13.6 Å². The smallest absolute Gasteiger partial charge is 0.343 e. The van der Waals surface area contributed by atoms with Crippen LogP contribution in [0.4, 0.5) is 14.5 Å². The van der Waals surface area contributed by atoms with Crippen molar-refractivity contribution in [1.82, 2.24) is 4.57 Å². The predicted octanol–water partition coefficient (Wildman–Crippen LogP) is 3.32. The number of carbonyl (C=O) groups is 2. The fourth-order valence-electron chi connectivity index (χ4n) is 2.53. The Hall–Kier alpha value is -3.93. The van der Waals surface area contributed by atoms with Crippen LogP contribution in [0.3, 0.4) is 0 Å². The maximum Gasteiger partial charge on any atom is 0.343 e. The Morgan fingerprint density at radius 2 is 1.86 bits per heavy atom. The van der Waals surface area contributed by atoms with Crippen LogP contribution in [0.2, 0.25) is 0 Å². The fraction of sp³-hybridized carbons (Fsp3) is 0.105. The number of aromatic nitrogens is 1. The average Bonchev–Trinajstić information content (AvgIpc) is 3.30. The number of nitrogens with zero attached hydrogens (tertiary/aromatic N) is 2. The Labute approximate surface area is 157 Å². The van der Waals surface area contributed by atoms with Crippen molar-refractivity contribution in [3.63, 3.8) is 0 Å². The summed E-state index contributed by atoms with van der Waals surface area (Å²) in [5.41, 5.74) is -0.828. The van der Waals surface area contributed by atoms with Crippen LogP contribution in [0, 0.1) is 29.9 Å². The molecular weight excluding hydrogens is 372 g/mol. The number of benzene rings is 1. The van der Waals surface area contributed by atoms with Gasteiger partial charge in [0.2, 0.25) is 5.88 Å². The highest BCUT2D eigenvalue weighted by Gasteiger charge is 2.26. The molecule has 0 atom stereocenters. The molecule has 0 aliphatic heterocycles. The van der Waals surface area contributed by atoms with Crippen LogP contribution in [0.15, 0.2) is 47.1 Å². The number of furan rings is 1. The van der Waals surface area contributed by atoms with Crippen LogP contribution in [-0.2, 0) is 9.53 Å². The average molecular weight is 385 g/mol. The van der Waals surface area contributed by atoms with E-state index in [0.717, 1.165) is 18.2 Å². The molecule has 2 aromatic heterocycles. The number of carbonyl (C=O) groups excluding carboxylic acids is 2. The molecule has 142 valence electrons. The number of aryl methyl sites for hydroxylation is 1. The predicted molar refractivity (Wildman–Crippen MR) is 92.8 cm³/mol. The van der Waals surface area contributed by atoms with Crippen LogP contribution < -0.4 is 5.32 Å². The van der Waals surface area contributed by atoms with E-state index in [1.165, 1.54) is 11.5 Å². The van der Waals surface area contributed by atoms with Gasteiger partial charge in [-0.15, -0.1) is 0 Å². The van der Waals surface area contributed by atoms with E-state index in [2.05, 4.69) is 0 Å². The van der Waals surface area contributed by atoms with Gasteiger partial charge < -0.3 is 14.5 Å². The summed E-state index contributed by atoms with van der Waals surface area (Å²) in [6.45, 7) is 0.667. The molecule has 0 spiro atoms. The first-order chi connectivity index (χ1) is 13.4. The lowest BCUT2D eigenvalue weighted by Gasteiger charge is -2.08. The van der Waals surface area contributed by atoms with Gasteiger partial charge in [0.05, 0.1) is 0 Å². The maximum absolute atomic E-state index is 13.6. The van der Waals surface area contributed by atoms with Crippen molar-refractivity contribution in [3.8, 4) is 12.0 Å². The molecule has 0 saturated carbocycles. The highest BCUT2D eigenvalue weighted by atomic mass is 19.1. The van der Waals surface area contributed by atoms with Crippen molar-refractivity contribution in [2.75, 3.05) is 11.9 Å². The molecule has 0 aliphatic carbocycles. The largest absolute Gasteiger partial charge is 0.452 e. The SMILES string of the molecule is Cc1oc(-n2cccc2)c(C#N)c1C(=O)OCC(=O)Nc1c(F)cccc1F. The molecule has 9 heteroatoms. The van der Waals surface area contributed by atoms with Gasteiger partial charge in [-0.2, -0.15) is 5.26 Å². The normalized spacial score (nSPS) is 10.4. The van der Waals surface area contributed by atoms with E-state index in [4.69, 9.17) is 9.15 Å². The van der Waals surface area contributed by atoms with E-state index in [9.17, 15) is 23.6 Å². The number of hydrogen-bond acceptors (Lipinski definition) is 5. The third-order valence-electron chi connectivity index (χ3n) is 3.78. The molecule has 1 aromatic carbocycles. The number of ether oxygens (including phenoxy) is 1. The molecule has 0 aliphatic rings. The summed E-state index contributed by atoms with van der Waals surface area (Å²) in [5.74, 6) is -3.58. The summed E-state index contributed by atoms with van der Waals surface area (Å²) in [4.78, 5) is 24.2. The molecule has 1 amide bonds. The molecule has 2 heterocycles. The molecule has 0 saturated heterocycles. The third-order valence-corrected chi connectivity index (χ3v) is 3.78. The monoisotopic (exact) mass is 385 g/mol. The van der Waals surface area contributed by atoms with Gasteiger partial charge in [0.25, 0.3) is 5.91 Å². The minimum absolute atomic E-state index is 0.0562. The van der Waals surface area contributed by atoms with E-state index >= 15 is 0 Å². The lowest BCUT2D eigenvalue weighted by Crippen LogP contribution is -2.22. The van der Waals surface area contributed by atoms with Gasteiger partial charge in [-0.05, 0) is 31.2 Å². The number of para-hydroxylation sites is 1. The zero-order valence-corrected chi connectivity index (χ0v) is 14.5. The summed E-state index contributed by atoms with van der Waals surface area (Å²) < 4.78 is 39.0. The van der Waals surface area contributed by atoms with Crippen LogP contribution in [0.25, 0.3) is 5.88 Å². The number of hydrogen-bond donors (Lipinski definition) is 1. The second kappa shape index (κ2) is 7.75. The summed E-state index contributed by atoms with van der Waals surface area (Å²) in [6.07, 6.45) is 3.26. The Kier molecular flexibility index (Phi) is 5.22. The van der Waals surface area contributed by atoms with E-state index in [-0.39, 0.29) is 22.8 Å². The molecule has 3 aromatic rings. The van der Waals surface area contributed by atoms with E-state index in [1.807, 2.05) is 11.4 Å². The number of rotatable bonds is 5. The quantitative estimate of drug-likeness (QED) is 0.680. The molecule has 1 N–H and O–H groups in total. The summed E-state index contributed by atoms with van der Waals surface area (Å²) in [6, 6.07) is 8.40. The second-order valence-corrected chi connectivity index (χ2v) is 5.64. The van der Waals surface area contributed by atoms with Crippen molar-refractivity contribution in [2.24, 2.45) is 0 Å². The summed E-state index contributed by atoms with van der Waals surface area (Å²) >= 11 is 0. The molecule has 7 nitrogen and oxygen atoms in total. The Morgan fingerprint density at radius 1 is 1.21 bits per heavy atom. The first kappa shape index (κ1) is 18.8. The van der Waals surface area contributed by atoms with Gasteiger partial charge in [0.1, 0.15) is 40.3 Å². The Bertz CT molecular complexity index is 1060. The molecule has 0 unspecified atom stereocenters. The van der Waals surface area contributed by atoms with Gasteiger partial charge in [0, 0.05) is 12.4 Å². The maximum atomic E-state index is 13.6. The molecule has 0 fully saturated rings. The van der Waals surface area contributed by atoms with Crippen molar-refractivity contribution in [1.29, 1.82) is 5.26 Å². The number of anilines is 1. The topological polar surface area (TPSA) is 97.3 Å². The van der Waals surface area contributed by atoms with Crippen LogP contribution in [0.1, 0.15) is 21.7 Å². The van der Waals surface area contributed by atoms with Gasteiger partial charge in [0.15, 0.2) is 6.61 Å². The van der Waals surface area contributed by atoms with Crippen molar-refractivity contribution in [3.05, 3.63) is 71.2 Å². The van der Waals surface area contributed by atoms with E-state index < -0.39 is 35.8 Å². The summed E-state index contributed by atoms with van der Waals surface area (Å²) in [5, 5.41) is 11.4. The van der Waals surface area contributed by atoms with Crippen molar-refractivity contribution in [2.45, 2.75) is 6.92 Å².